The summed E-state index contributed by atoms with van der Waals surface area (Å²) >= 11 is 0. The Morgan fingerprint density at radius 1 is 1.04 bits per heavy atom. The van der Waals surface area contributed by atoms with E-state index in [9.17, 15) is 24.3 Å². The van der Waals surface area contributed by atoms with Gasteiger partial charge in [0.05, 0.1) is 29.8 Å². The first-order valence-corrected chi connectivity index (χ1v) is 16.6. The van der Waals surface area contributed by atoms with Crippen molar-refractivity contribution in [3.63, 3.8) is 0 Å². The Bertz CT molecular complexity index is 1430. The van der Waals surface area contributed by atoms with Crippen molar-refractivity contribution >= 4 is 23.6 Å². The summed E-state index contributed by atoms with van der Waals surface area (Å²) in [4.78, 5) is 64.7. The van der Waals surface area contributed by atoms with Crippen LogP contribution in [0.2, 0.25) is 0 Å². The lowest BCUT2D eigenvalue weighted by Gasteiger charge is -2.42. The molecule has 0 radical (unpaired) electrons. The van der Waals surface area contributed by atoms with E-state index in [2.05, 4.69) is 9.97 Å². The molecule has 0 bridgehead atoms. The summed E-state index contributed by atoms with van der Waals surface area (Å²) in [6.45, 7) is 12.7. The number of aliphatic hydroxyl groups excluding tert-OH is 1. The normalized spacial score (nSPS) is 34.1. The molecule has 47 heavy (non-hydrogen) atoms. The molecule has 2 aliphatic rings. The Labute approximate surface area is 277 Å². The Balaban J connectivity index is 1.60. The highest BCUT2D eigenvalue weighted by molar-refractivity contribution is 6.00. The van der Waals surface area contributed by atoms with E-state index in [0.717, 1.165) is 17.7 Å². The molecule has 0 aromatic carbocycles. The summed E-state index contributed by atoms with van der Waals surface area (Å²) in [6.07, 6.45) is 6.17. The molecule has 258 valence electrons. The van der Waals surface area contributed by atoms with Crippen molar-refractivity contribution in [2.24, 2.45) is 23.7 Å². The molecular weight excluding hydrogens is 604 g/mol. The molecule has 0 spiro atoms. The predicted molar refractivity (Wildman–Crippen MR) is 173 cm³/mol. The first-order valence-electron chi connectivity index (χ1n) is 16.6. The number of methoxy groups -OCH3 is 1. The number of cyclic esters (lactones) is 1. The van der Waals surface area contributed by atoms with Gasteiger partial charge in [-0.1, -0.05) is 27.7 Å². The number of nitrogens with zero attached hydrogens (tertiary/aromatic N) is 4. The van der Waals surface area contributed by atoms with Crippen LogP contribution in [0, 0.1) is 23.7 Å². The van der Waals surface area contributed by atoms with E-state index in [1.54, 1.807) is 58.2 Å². The van der Waals surface area contributed by atoms with Gasteiger partial charge in [0.15, 0.2) is 11.4 Å². The second-order valence-corrected chi connectivity index (χ2v) is 13.6. The highest BCUT2D eigenvalue weighted by atomic mass is 16.6. The maximum absolute atomic E-state index is 14.1. The van der Waals surface area contributed by atoms with E-state index < -0.39 is 71.0 Å². The first kappa shape index (κ1) is 36.2. The summed E-state index contributed by atoms with van der Waals surface area (Å²) in [5, 5.41) is 11.3. The third-order valence-corrected chi connectivity index (χ3v) is 10.3. The van der Waals surface area contributed by atoms with Crippen LogP contribution in [0.4, 0.5) is 4.79 Å². The average molecular weight is 655 g/mol. The molecule has 1 N–H and O–H groups in total. The molecule has 12 heteroatoms. The number of aryl methyl sites for hydroxylation is 1. The Hall–Kier alpha value is -3.64. The molecule has 2 aromatic rings. The second kappa shape index (κ2) is 14.6. The SMILES string of the molecule is CC[C@H]1OC(=O)[C@H](C)C(=O)[C@H](C)[C@@H](O)[C@@](C)(OC)C[C@@H](C)C(=O)[C@H](C)C2N(CCCCn3cnc(-c4cccnc4)c3)C(=O)O[C@@]21C. The summed E-state index contributed by atoms with van der Waals surface area (Å²) in [5.74, 6) is -4.85. The molecule has 2 fully saturated rings. The number of hydrogen-bond acceptors (Lipinski definition) is 10. The molecule has 12 nitrogen and oxygen atoms in total. The fraction of sp³-hybridized carbons (Fsp3) is 0.657. The van der Waals surface area contributed by atoms with Crippen molar-refractivity contribution in [2.75, 3.05) is 13.7 Å². The summed E-state index contributed by atoms with van der Waals surface area (Å²) in [5.41, 5.74) is -0.867. The lowest BCUT2D eigenvalue weighted by Crippen LogP contribution is -2.58. The number of rotatable bonds is 8. The monoisotopic (exact) mass is 654 g/mol. The maximum atomic E-state index is 14.1. The number of fused-ring (bicyclic) bond motifs is 1. The van der Waals surface area contributed by atoms with Gasteiger partial charge in [0.1, 0.15) is 17.8 Å². The lowest BCUT2D eigenvalue weighted by molar-refractivity contribution is -0.174. The topological polar surface area (TPSA) is 150 Å². The van der Waals surface area contributed by atoms with Crippen molar-refractivity contribution in [2.45, 2.75) is 110 Å². The molecule has 1 amide bonds. The standard InChI is InChI=1S/C35H50N4O8/c1-9-27-35(7)30(39(33(44)47-35)16-11-10-15-38-19-26(37-20-38)25-13-12-14-36-18-25)22(3)28(40)21(2)17-34(6,45-8)31(42)23(4)29(41)24(5)32(43)46-27/h12-14,18-24,27,30-31,42H,9-11,15-17H2,1-8H3/t21-,22+,23+,24-,27-,30?,31-,34+,35-/m1/s1. The molecule has 4 heterocycles. The molecule has 2 aliphatic heterocycles. The summed E-state index contributed by atoms with van der Waals surface area (Å²) in [6, 6.07) is 3.06. The largest absolute Gasteiger partial charge is 0.458 e. The smallest absolute Gasteiger partial charge is 0.410 e. The van der Waals surface area contributed by atoms with Crippen LogP contribution in [0.25, 0.3) is 11.3 Å². The number of carbonyl (C=O) groups excluding carboxylic acids is 4. The summed E-state index contributed by atoms with van der Waals surface area (Å²) in [7, 11) is 1.43. The van der Waals surface area contributed by atoms with Crippen molar-refractivity contribution in [1.29, 1.82) is 0 Å². The van der Waals surface area contributed by atoms with Crippen molar-refractivity contribution < 1.29 is 38.5 Å². The molecule has 0 saturated carbocycles. The van der Waals surface area contributed by atoms with E-state index in [1.165, 1.54) is 14.0 Å². The zero-order valence-corrected chi connectivity index (χ0v) is 28.8. The van der Waals surface area contributed by atoms with E-state index in [4.69, 9.17) is 14.2 Å². The number of unbranched alkanes of at least 4 members (excludes halogenated alkanes) is 1. The zero-order valence-electron chi connectivity index (χ0n) is 28.8. The highest BCUT2D eigenvalue weighted by Crippen LogP contribution is 2.42. The minimum Gasteiger partial charge on any atom is -0.458 e. The van der Waals surface area contributed by atoms with Crippen LogP contribution in [0.3, 0.4) is 0 Å². The van der Waals surface area contributed by atoms with Crippen LogP contribution in [-0.4, -0.2) is 91.3 Å². The molecule has 2 saturated heterocycles. The van der Waals surface area contributed by atoms with Crippen LogP contribution < -0.4 is 0 Å². The molecule has 1 unspecified atom stereocenters. The average Bonchev–Trinajstić information content (AvgIpc) is 3.64. The molecule has 0 aliphatic carbocycles. The molecule has 2 aromatic heterocycles. The number of amides is 1. The number of carbonyl (C=O) groups is 4. The van der Waals surface area contributed by atoms with Gasteiger partial charge >= 0.3 is 12.1 Å². The summed E-state index contributed by atoms with van der Waals surface area (Å²) < 4.78 is 19.7. The van der Waals surface area contributed by atoms with E-state index in [-0.39, 0.29) is 18.6 Å². The van der Waals surface area contributed by atoms with Crippen LogP contribution in [0.1, 0.15) is 74.1 Å². The van der Waals surface area contributed by atoms with E-state index >= 15 is 0 Å². The Morgan fingerprint density at radius 3 is 2.38 bits per heavy atom. The number of ketones is 2. The van der Waals surface area contributed by atoms with Crippen LogP contribution in [0.5, 0.6) is 0 Å². The van der Waals surface area contributed by atoms with E-state index in [1.807, 2.05) is 29.8 Å². The fourth-order valence-electron chi connectivity index (χ4n) is 7.39. The molecular formula is C35H50N4O8. The van der Waals surface area contributed by atoms with Gasteiger partial charge in [-0.05, 0) is 58.6 Å². The number of ether oxygens (including phenoxy) is 3. The number of aromatic nitrogens is 3. The second-order valence-electron chi connectivity index (χ2n) is 13.6. The van der Waals surface area contributed by atoms with E-state index in [0.29, 0.717) is 19.5 Å². The number of Topliss-reactive ketones (excluding diaryl/α,β-unsaturated/α-hetero) is 2. The minimum atomic E-state index is -1.36. The zero-order chi connectivity index (χ0) is 34.7. The quantitative estimate of drug-likeness (QED) is 0.245. The highest BCUT2D eigenvalue weighted by Gasteiger charge is 2.60. The van der Waals surface area contributed by atoms with Gasteiger partial charge < -0.3 is 28.8 Å². The van der Waals surface area contributed by atoms with Gasteiger partial charge in [-0.25, -0.2) is 9.78 Å². The predicted octanol–water partition coefficient (Wildman–Crippen LogP) is 4.48. The van der Waals surface area contributed by atoms with Gasteiger partial charge in [0, 0.05) is 62.1 Å². The van der Waals surface area contributed by atoms with Crippen molar-refractivity contribution in [1.82, 2.24) is 19.4 Å². The van der Waals surface area contributed by atoms with Crippen LogP contribution in [0.15, 0.2) is 37.1 Å². The number of aliphatic hydroxyl groups is 1. The number of imidazole rings is 1. The molecule has 4 rings (SSSR count). The van der Waals surface area contributed by atoms with Crippen molar-refractivity contribution in [3.8, 4) is 11.3 Å². The lowest BCUT2D eigenvalue weighted by atomic mass is 9.73. The Morgan fingerprint density at radius 2 is 1.74 bits per heavy atom. The van der Waals surface area contributed by atoms with Crippen molar-refractivity contribution in [3.05, 3.63) is 37.1 Å². The van der Waals surface area contributed by atoms with Crippen LogP contribution in [-0.2, 0) is 35.1 Å². The van der Waals surface area contributed by atoms with Crippen LogP contribution >= 0.6 is 0 Å². The van der Waals surface area contributed by atoms with Gasteiger partial charge in [-0.15, -0.1) is 0 Å². The molecule has 9 atom stereocenters. The van der Waals surface area contributed by atoms with Gasteiger partial charge in [0.25, 0.3) is 0 Å². The number of esters is 1. The van der Waals surface area contributed by atoms with Gasteiger partial charge in [-0.2, -0.15) is 0 Å². The number of hydrogen-bond donors (Lipinski definition) is 1. The van der Waals surface area contributed by atoms with Gasteiger partial charge in [0.2, 0.25) is 0 Å². The third kappa shape index (κ3) is 7.28. The third-order valence-electron chi connectivity index (χ3n) is 10.3. The maximum Gasteiger partial charge on any atom is 0.410 e. The fourth-order valence-corrected chi connectivity index (χ4v) is 7.39. The van der Waals surface area contributed by atoms with Gasteiger partial charge in [-0.3, -0.25) is 19.4 Å². The Kier molecular flexibility index (Phi) is 11.3. The number of pyridine rings is 1. The minimum absolute atomic E-state index is 0.131. The first-order chi connectivity index (χ1) is 22.2.